The third-order valence-corrected chi connectivity index (χ3v) is 3.67. The fraction of sp³-hybridized carbons (Fsp3) is 0.562. The molecule has 1 N–H and O–H groups in total. The van der Waals surface area contributed by atoms with E-state index >= 15 is 0 Å². The van der Waals surface area contributed by atoms with Crippen molar-refractivity contribution >= 4 is 5.91 Å². The van der Waals surface area contributed by atoms with Crippen LogP contribution in [0.15, 0.2) is 24.3 Å². The lowest BCUT2D eigenvalue weighted by Crippen LogP contribution is -2.38. The predicted octanol–water partition coefficient (Wildman–Crippen LogP) is 2.73. The zero-order valence-corrected chi connectivity index (χ0v) is 12.2. The molecule has 2 rings (SSSR count). The highest BCUT2D eigenvalue weighted by atomic mass is 19.1. The molecule has 1 saturated heterocycles. The Hall–Kier alpha value is -1.42. The van der Waals surface area contributed by atoms with Crippen LogP contribution in [0.1, 0.15) is 38.3 Å². The molecule has 0 spiro atoms. The van der Waals surface area contributed by atoms with Crippen molar-refractivity contribution in [2.75, 3.05) is 19.6 Å². The molecule has 1 atom stereocenters. The highest BCUT2D eigenvalue weighted by Crippen LogP contribution is 2.31. The second-order valence-corrected chi connectivity index (χ2v) is 5.88. The predicted molar refractivity (Wildman–Crippen MR) is 77.8 cm³/mol. The monoisotopic (exact) mass is 278 g/mol. The Morgan fingerprint density at radius 3 is 2.75 bits per heavy atom. The molecule has 0 aliphatic carbocycles. The van der Waals surface area contributed by atoms with Crippen LogP contribution in [-0.2, 0) is 4.79 Å². The number of nitrogens with zero attached hydrogens (tertiary/aromatic N) is 1. The van der Waals surface area contributed by atoms with Crippen LogP contribution in [0.5, 0.6) is 0 Å². The number of carbonyl (C=O) groups is 1. The molecule has 1 aromatic rings. The van der Waals surface area contributed by atoms with Gasteiger partial charge < -0.3 is 5.32 Å². The molecule has 110 valence electrons. The highest BCUT2D eigenvalue weighted by molar-refractivity contribution is 5.78. The van der Waals surface area contributed by atoms with Gasteiger partial charge >= 0.3 is 0 Å². The van der Waals surface area contributed by atoms with E-state index in [0.29, 0.717) is 19.0 Å². The van der Waals surface area contributed by atoms with Crippen LogP contribution >= 0.6 is 0 Å². The molecule has 0 aromatic heterocycles. The minimum atomic E-state index is -0.215. The lowest BCUT2D eigenvalue weighted by atomic mass is 10.0. The number of hydrogen-bond donors (Lipinski definition) is 1. The molecule has 1 unspecified atom stereocenters. The van der Waals surface area contributed by atoms with Gasteiger partial charge in [0.2, 0.25) is 5.91 Å². The lowest BCUT2D eigenvalue weighted by Gasteiger charge is -2.24. The zero-order valence-electron chi connectivity index (χ0n) is 12.2. The van der Waals surface area contributed by atoms with E-state index in [2.05, 4.69) is 24.1 Å². The Morgan fingerprint density at radius 2 is 2.10 bits per heavy atom. The molecular formula is C16H23FN2O. The third kappa shape index (κ3) is 4.04. The average molecular weight is 278 g/mol. The largest absolute Gasteiger partial charge is 0.355 e. The highest BCUT2D eigenvalue weighted by Gasteiger charge is 2.27. The maximum Gasteiger partial charge on any atom is 0.234 e. The van der Waals surface area contributed by atoms with E-state index in [1.165, 1.54) is 12.1 Å². The van der Waals surface area contributed by atoms with E-state index in [4.69, 9.17) is 0 Å². The van der Waals surface area contributed by atoms with Crippen LogP contribution in [0.2, 0.25) is 0 Å². The van der Waals surface area contributed by atoms with Crippen molar-refractivity contribution in [2.45, 2.75) is 32.7 Å². The number of nitrogens with one attached hydrogen (secondary N) is 1. The van der Waals surface area contributed by atoms with Gasteiger partial charge in [0.15, 0.2) is 0 Å². The molecule has 3 nitrogen and oxygen atoms in total. The fourth-order valence-corrected chi connectivity index (χ4v) is 2.64. The van der Waals surface area contributed by atoms with Gasteiger partial charge in [-0.2, -0.15) is 0 Å². The first-order chi connectivity index (χ1) is 9.56. The third-order valence-electron chi connectivity index (χ3n) is 3.67. The molecule has 1 amide bonds. The van der Waals surface area contributed by atoms with Crippen LogP contribution in [0.4, 0.5) is 4.39 Å². The number of benzene rings is 1. The summed E-state index contributed by atoms with van der Waals surface area (Å²) in [5.41, 5.74) is 1.10. The van der Waals surface area contributed by atoms with Crippen molar-refractivity contribution in [1.82, 2.24) is 10.2 Å². The summed E-state index contributed by atoms with van der Waals surface area (Å²) >= 11 is 0. The summed E-state index contributed by atoms with van der Waals surface area (Å²) in [4.78, 5) is 14.1. The molecule has 1 aliphatic rings. The SMILES string of the molecule is CC(C)CNC(=O)CN1CCCC1c1ccc(F)cc1. The van der Waals surface area contributed by atoms with Crippen molar-refractivity contribution in [3.05, 3.63) is 35.6 Å². The van der Waals surface area contributed by atoms with Gasteiger partial charge in [0, 0.05) is 12.6 Å². The number of hydrogen-bond acceptors (Lipinski definition) is 2. The summed E-state index contributed by atoms with van der Waals surface area (Å²) in [6.07, 6.45) is 2.11. The normalized spacial score (nSPS) is 19.5. The number of amides is 1. The van der Waals surface area contributed by atoms with Crippen LogP contribution < -0.4 is 5.32 Å². The minimum absolute atomic E-state index is 0.0766. The summed E-state index contributed by atoms with van der Waals surface area (Å²) in [6, 6.07) is 6.87. The summed E-state index contributed by atoms with van der Waals surface area (Å²) < 4.78 is 13.0. The molecule has 1 heterocycles. The Morgan fingerprint density at radius 1 is 1.40 bits per heavy atom. The van der Waals surface area contributed by atoms with Gasteiger partial charge in [-0.05, 0) is 43.0 Å². The number of likely N-dealkylation sites (tertiary alicyclic amines) is 1. The van der Waals surface area contributed by atoms with Gasteiger partial charge in [-0.3, -0.25) is 9.69 Å². The van der Waals surface area contributed by atoms with Gasteiger partial charge in [-0.15, -0.1) is 0 Å². The summed E-state index contributed by atoms with van der Waals surface area (Å²) in [5, 5.41) is 2.95. The molecule has 0 radical (unpaired) electrons. The van der Waals surface area contributed by atoms with Crippen molar-refractivity contribution in [3.63, 3.8) is 0 Å². The van der Waals surface area contributed by atoms with Gasteiger partial charge in [0.05, 0.1) is 6.54 Å². The van der Waals surface area contributed by atoms with Crippen molar-refractivity contribution in [2.24, 2.45) is 5.92 Å². The smallest absolute Gasteiger partial charge is 0.234 e. The van der Waals surface area contributed by atoms with E-state index in [-0.39, 0.29) is 17.8 Å². The summed E-state index contributed by atoms with van der Waals surface area (Å²) in [5.74, 6) is 0.325. The van der Waals surface area contributed by atoms with Crippen LogP contribution in [0.3, 0.4) is 0 Å². The molecule has 20 heavy (non-hydrogen) atoms. The Kier molecular flexibility index (Phi) is 5.12. The summed E-state index contributed by atoms with van der Waals surface area (Å²) in [7, 11) is 0. The van der Waals surface area contributed by atoms with E-state index in [1.807, 2.05) is 12.1 Å². The maximum absolute atomic E-state index is 13.0. The first kappa shape index (κ1) is 15.0. The van der Waals surface area contributed by atoms with Crippen molar-refractivity contribution in [1.29, 1.82) is 0 Å². The summed E-state index contributed by atoms with van der Waals surface area (Å²) in [6.45, 7) is 6.23. The van der Waals surface area contributed by atoms with Gasteiger partial charge in [0.1, 0.15) is 5.82 Å². The quantitative estimate of drug-likeness (QED) is 0.898. The Bertz CT molecular complexity index is 444. The van der Waals surface area contributed by atoms with Crippen molar-refractivity contribution in [3.8, 4) is 0 Å². The average Bonchev–Trinajstić information content (AvgIpc) is 2.85. The molecule has 1 aromatic carbocycles. The first-order valence-electron chi connectivity index (χ1n) is 7.32. The van der Waals surface area contributed by atoms with Crippen LogP contribution in [-0.4, -0.2) is 30.4 Å². The molecule has 1 aliphatic heterocycles. The molecule has 0 saturated carbocycles. The van der Waals surface area contributed by atoms with E-state index in [9.17, 15) is 9.18 Å². The van der Waals surface area contributed by atoms with Gasteiger partial charge in [-0.1, -0.05) is 26.0 Å². The first-order valence-corrected chi connectivity index (χ1v) is 7.32. The number of halogens is 1. The van der Waals surface area contributed by atoms with E-state index in [1.54, 1.807) is 0 Å². The Balaban J connectivity index is 1.93. The minimum Gasteiger partial charge on any atom is -0.355 e. The van der Waals surface area contributed by atoms with Gasteiger partial charge in [-0.25, -0.2) is 4.39 Å². The second kappa shape index (κ2) is 6.84. The molecule has 4 heteroatoms. The maximum atomic E-state index is 13.0. The van der Waals surface area contributed by atoms with Crippen LogP contribution in [0.25, 0.3) is 0 Å². The van der Waals surface area contributed by atoms with Crippen LogP contribution in [0, 0.1) is 11.7 Å². The molecular weight excluding hydrogens is 255 g/mol. The zero-order chi connectivity index (χ0) is 14.5. The van der Waals surface area contributed by atoms with E-state index in [0.717, 1.165) is 24.9 Å². The second-order valence-electron chi connectivity index (χ2n) is 5.88. The number of carbonyl (C=O) groups excluding carboxylic acids is 1. The van der Waals surface area contributed by atoms with Gasteiger partial charge in [0.25, 0.3) is 0 Å². The number of rotatable bonds is 5. The van der Waals surface area contributed by atoms with Crippen molar-refractivity contribution < 1.29 is 9.18 Å². The molecule has 1 fully saturated rings. The fourth-order valence-electron chi connectivity index (χ4n) is 2.64. The Labute approximate surface area is 120 Å². The standard InChI is InChI=1S/C16H23FN2O/c1-12(2)10-18-16(20)11-19-9-3-4-15(19)13-5-7-14(17)8-6-13/h5-8,12,15H,3-4,9-11H2,1-2H3,(H,18,20). The lowest BCUT2D eigenvalue weighted by molar-refractivity contribution is -0.122. The molecule has 0 bridgehead atoms. The topological polar surface area (TPSA) is 32.3 Å². The van der Waals surface area contributed by atoms with E-state index < -0.39 is 0 Å².